The molecule has 0 bridgehead atoms. The highest BCUT2D eigenvalue weighted by Gasteiger charge is 2.41. The van der Waals surface area contributed by atoms with Gasteiger partial charge in [-0.2, -0.15) is 0 Å². The highest BCUT2D eigenvalue weighted by Crippen LogP contribution is 2.26. The first-order valence-corrected chi connectivity index (χ1v) is 10.5. The van der Waals surface area contributed by atoms with Crippen LogP contribution in [0.5, 0.6) is 5.75 Å². The van der Waals surface area contributed by atoms with Gasteiger partial charge in [0.25, 0.3) is 0 Å². The lowest BCUT2D eigenvalue weighted by Crippen LogP contribution is -2.58. The van der Waals surface area contributed by atoms with Gasteiger partial charge in [0.1, 0.15) is 5.75 Å². The van der Waals surface area contributed by atoms with Crippen molar-refractivity contribution >= 4 is 39.8 Å². The minimum atomic E-state index is -3.06. The lowest BCUT2D eigenvalue weighted by Gasteiger charge is -2.40. The molecule has 0 aromatic heterocycles. The number of rotatable bonds is 4. The summed E-state index contributed by atoms with van der Waals surface area (Å²) in [6.07, 6.45) is 0. The Hall–Kier alpha value is -1.03. The van der Waals surface area contributed by atoms with E-state index in [1.165, 1.54) is 5.56 Å². The maximum atomic E-state index is 12.2. The zero-order valence-electron chi connectivity index (χ0n) is 17.1. The maximum absolute atomic E-state index is 12.2. The Morgan fingerprint density at radius 1 is 1.30 bits per heavy atom. The Labute approximate surface area is 180 Å². The SMILES string of the molecule is CN=C(NCC(C)(C)c1ccc(OC)cc1)N1CCS(=O)(=O)C(C)(C)C1.I. The molecule has 27 heavy (non-hydrogen) atoms. The number of benzene rings is 1. The topological polar surface area (TPSA) is 71.0 Å². The third-order valence-corrected chi connectivity index (χ3v) is 7.65. The van der Waals surface area contributed by atoms with Crippen LogP contribution in [-0.2, 0) is 15.3 Å². The number of halogens is 1. The number of guanidine groups is 1. The molecule has 0 spiro atoms. The van der Waals surface area contributed by atoms with Gasteiger partial charge in [0.2, 0.25) is 0 Å². The summed E-state index contributed by atoms with van der Waals surface area (Å²) >= 11 is 0. The Kier molecular flexibility index (Phi) is 7.99. The van der Waals surface area contributed by atoms with Gasteiger partial charge in [-0.3, -0.25) is 4.99 Å². The molecule has 0 amide bonds. The van der Waals surface area contributed by atoms with Crippen molar-refractivity contribution in [3.63, 3.8) is 0 Å². The number of sulfone groups is 1. The summed E-state index contributed by atoms with van der Waals surface area (Å²) < 4.78 is 28.9. The van der Waals surface area contributed by atoms with Crippen LogP contribution in [0.3, 0.4) is 0 Å². The van der Waals surface area contributed by atoms with Gasteiger partial charge in [0.15, 0.2) is 15.8 Å². The highest BCUT2D eigenvalue weighted by atomic mass is 127. The van der Waals surface area contributed by atoms with E-state index < -0.39 is 14.6 Å². The molecule has 6 nitrogen and oxygen atoms in total. The predicted octanol–water partition coefficient (Wildman–Crippen LogP) is 2.68. The Bertz CT molecular complexity index is 759. The fourth-order valence-electron chi connectivity index (χ4n) is 3.10. The van der Waals surface area contributed by atoms with Crippen molar-refractivity contribution in [1.82, 2.24) is 10.2 Å². The number of ether oxygens (including phenoxy) is 1. The van der Waals surface area contributed by atoms with E-state index in [-0.39, 0.29) is 35.1 Å². The quantitative estimate of drug-likeness (QED) is 0.384. The number of aliphatic imine (C=N–C) groups is 1. The molecule has 0 aliphatic carbocycles. The molecule has 1 aromatic carbocycles. The monoisotopic (exact) mass is 509 g/mol. The van der Waals surface area contributed by atoms with E-state index in [2.05, 4.69) is 36.3 Å². The zero-order chi connectivity index (χ0) is 19.6. The predicted molar refractivity (Wildman–Crippen MR) is 122 cm³/mol. The Morgan fingerprint density at radius 3 is 2.37 bits per heavy atom. The van der Waals surface area contributed by atoms with Gasteiger partial charge in [0.05, 0.1) is 17.6 Å². The number of nitrogens with zero attached hydrogens (tertiary/aromatic N) is 2. The molecular weight excluding hydrogens is 477 g/mol. The number of nitrogens with one attached hydrogen (secondary N) is 1. The lowest BCUT2D eigenvalue weighted by molar-refractivity contribution is 0.349. The van der Waals surface area contributed by atoms with Crippen LogP contribution in [0.4, 0.5) is 0 Å². The fraction of sp³-hybridized carbons (Fsp3) is 0.632. The van der Waals surface area contributed by atoms with Crippen molar-refractivity contribution in [3.05, 3.63) is 29.8 Å². The van der Waals surface area contributed by atoms with Crippen molar-refractivity contribution in [2.24, 2.45) is 4.99 Å². The minimum absolute atomic E-state index is 0. The van der Waals surface area contributed by atoms with E-state index in [0.29, 0.717) is 19.6 Å². The summed E-state index contributed by atoms with van der Waals surface area (Å²) in [5.41, 5.74) is 1.09. The molecule has 0 saturated carbocycles. The van der Waals surface area contributed by atoms with Crippen LogP contribution >= 0.6 is 24.0 Å². The second kappa shape index (κ2) is 8.98. The van der Waals surface area contributed by atoms with Gasteiger partial charge in [-0.25, -0.2) is 8.42 Å². The van der Waals surface area contributed by atoms with Gasteiger partial charge >= 0.3 is 0 Å². The molecule has 1 fully saturated rings. The molecule has 0 atom stereocenters. The highest BCUT2D eigenvalue weighted by molar-refractivity contribution is 14.0. The number of hydrogen-bond donors (Lipinski definition) is 1. The summed E-state index contributed by atoms with van der Waals surface area (Å²) in [6.45, 7) is 9.49. The van der Waals surface area contributed by atoms with E-state index in [9.17, 15) is 8.42 Å². The Balaban J connectivity index is 0.00000364. The molecule has 1 aliphatic heterocycles. The molecule has 1 aliphatic rings. The number of methoxy groups -OCH3 is 1. The van der Waals surface area contributed by atoms with Gasteiger partial charge in [-0.05, 0) is 31.5 Å². The van der Waals surface area contributed by atoms with Crippen molar-refractivity contribution < 1.29 is 13.2 Å². The minimum Gasteiger partial charge on any atom is -0.497 e. The molecule has 0 radical (unpaired) electrons. The lowest BCUT2D eigenvalue weighted by atomic mass is 9.84. The van der Waals surface area contributed by atoms with Crippen LogP contribution in [0.15, 0.2) is 29.3 Å². The van der Waals surface area contributed by atoms with Crippen LogP contribution in [0.2, 0.25) is 0 Å². The zero-order valence-corrected chi connectivity index (χ0v) is 20.2. The summed E-state index contributed by atoms with van der Waals surface area (Å²) in [5, 5.41) is 3.42. The molecule has 1 saturated heterocycles. The van der Waals surface area contributed by atoms with Crippen molar-refractivity contribution in [2.45, 2.75) is 37.9 Å². The van der Waals surface area contributed by atoms with E-state index in [1.807, 2.05) is 17.0 Å². The van der Waals surface area contributed by atoms with Crippen LogP contribution in [0.1, 0.15) is 33.3 Å². The summed E-state index contributed by atoms with van der Waals surface area (Å²) in [4.78, 5) is 6.40. The first kappa shape index (κ1) is 24.0. The van der Waals surface area contributed by atoms with Crippen LogP contribution in [0.25, 0.3) is 0 Å². The largest absolute Gasteiger partial charge is 0.497 e. The second-order valence-electron chi connectivity index (χ2n) is 8.01. The molecular formula is C19H32IN3O3S. The standard InChI is InChI=1S/C19H31N3O3S.HI/c1-18(2,15-7-9-16(25-6)10-8-15)13-21-17(20-5)22-11-12-26(23,24)19(3,4)14-22;/h7-10H,11-14H2,1-6H3,(H,20,21);1H. The summed E-state index contributed by atoms with van der Waals surface area (Å²) in [5.74, 6) is 1.74. The smallest absolute Gasteiger partial charge is 0.193 e. The Morgan fingerprint density at radius 2 is 1.89 bits per heavy atom. The molecule has 1 aromatic rings. The average Bonchev–Trinajstić information content (AvgIpc) is 2.58. The molecule has 154 valence electrons. The van der Waals surface area contributed by atoms with Crippen molar-refractivity contribution in [3.8, 4) is 5.75 Å². The molecule has 1 heterocycles. The van der Waals surface area contributed by atoms with Gasteiger partial charge in [0, 0.05) is 32.1 Å². The summed E-state index contributed by atoms with van der Waals surface area (Å²) in [6, 6.07) is 8.06. The van der Waals surface area contributed by atoms with Crippen molar-refractivity contribution in [2.75, 3.05) is 39.5 Å². The normalized spacial score (nSPS) is 19.2. The first-order chi connectivity index (χ1) is 12.0. The second-order valence-corrected chi connectivity index (χ2v) is 10.8. The van der Waals surface area contributed by atoms with Gasteiger partial charge in [-0.15, -0.1) is 24.0 Å². The van der Waals surface area contributed by atoms with E-state index in [4.69, 9.17) is 4.74 Å². The molecule has 0 unspecified atom stereocenters. The average molecular weight is 509 g/mol. The third kappa shape index (κ3) is 5.49. The van der Waals surface area contributed by atoms with E-state index in [1.54, 1.807) is 28.0 Å². The fourth-order valence-corrected chi connectivity index (χ4v) is 4.47. The first-order valence-electron chi connectivity index (χ1n) is 8.85. The van der Waals surface area contributed by atoms with Crippen LogP contribution in [0, 0.1) is 0 Å². The molecule has 2 rings (SSSR count). The molecule has 8 heteroatoms. The van der Waals surface area contributed by atoms with Gasteiger partial charge < -0.3 is 15.0 Å². The van der Waals surface area contributed by atoms with Crippen molar-refractivity contribution in [1.29, 1.82) is 0 Å². The summed E-state index contributed by atoms with van der Waals surface area (Å²) in [7, 11) is 0.329. The van der Waals surface area contributed by atoms with E-state index >= 15 is 0 Å². The maximum Gasteiger partial charge on any atom is 0.193 e. The number of hydrogen-bond acceptors (Lipinski definition) is 4. The molecule has 1 N–H and O–H groups in total. The third-order valence-electron chi connectivity index (χ3n) is 5.11. The van der Waals surface area contributed by atoms with Crippen LogP contribution < -0.4 is 10.1 Å². The van der Waals surface area contributed by atoms with E-state index in [0.717, 1.165) is 11.7 Å². The van der Waals surface area contributed by atoms with Crippen LogP contribution in [-0.4, -0.2) is 63.6 Å². The van der Waals surface area contributed by atoms with Gasteiger partial charge in [-0.1, -0.05) is 26.0 Å².